The van der Waals surface area contributed by atoms with E-state index in [0.717, 1.165) is 0 Å². The number of hydrogen-bond acceptors (Lipinski definition) is 5. The lowest BCUT2D eigenvalue weighted by molar-refractivity contribution is 0.0257. The van der Waals surface area contributed by atoms with Gasteiger partial charge in [0.2, 0.25) is 0 Å². The molecule has 10 heteroatoms. The van der Waals surface area contributed by atoms with Crippen molar-refractivity contribution in [1.82, 2.24) is 19.6 Å². The molecule has 3 heterocycles. The molecular weight excluding hydrogens is 447 g/mol. The second-order valence-corrected chi connectivity index (χ2v) is 7.92. The monoisotopic (exact) mass is 467 g/mol. The quantitative estimate of drug-likeness (QED) is 0.443. The number of benzene rings is 2. The van der Waals surface area contributed by atoms with E-state index in [4.69, 9.17) is 4.74 Å². The Morgan fingerprint density at radius 1 is 1.03 bits per heavy atom. The lowest BCUT2D eigenvalue weighted by Gasteiger charge is -2.20. The fraction of sp³-hybridized carbons (Fsp3) is 0.208. The van der Waals surface area contributed by atoms with Crippen molar-refractivity contribution in [3.05, 3.63) is 83.0 Å². The van der Waals surface area contributed by atoms with E-state index in [1.165, 1.54) is 41.2 Å². The Labute approximate surface area is 192 Å². The summed E-state index contributed by atoms with van der Waals surface area (Å²) in [6.07, 6.45) is 2.46. The van der Waals surface area contributed by atoms with Crippen LogP contribution in [0.15, 0.2) is 71.8 Å². The van der Waals surface area contributed by atoms with E-state index in [9.17, 15) is 13.6 Å². The summed E-state index contributed by atoms with van der Waals surface area (Å²) in [6.45, 7) is -0.522. The van der Waals surface area contributed by atoms with Crippen molar-refractivity contribution >= 4 is 5.69 Å². The maximum atomic E-state index is 15.5. The summed E-state index contributed by atoms with van der Waals surface area (Å²) < 4.78 is 51.0. The SMILES string of the molecule is COc1cn(-c2cccc(N3CCC(F)(F)C3)c2F)nc(-c2ccnn2-c2ccccc2)c1=O. The topological polar surface area (TPSA) is 65.2 Å². The van der Waals surface area contributed by atoms with E-state index in [2.05, 4.69) is 10.2 Å². The van der Waals surface area contributed by atoms with E-state index in [-0.39, 0.29) is 35.8 Å². The zero-order chi connectivity index (χ0) is 23.9. The van der Waals surface area contributed by atoms with Gasteiger partial charge < -0.3 is 9.64 Å². The van der Waals surface area contributed by atoms with Crippen LogP contribution in [0.5, 0.6) is 5.75 Å². The number of nitrogens with zero attached hydrogens (tertiary/aromatic N) is 5. The van der Waals surface area contributed by atoms with Crippen molar-refractivity contribution in [1.29, 1.82) is 0 Å². The number of anilines is 1. The molecule has 5 rings (SSSR count). The lowest BCUT2D eigenvalue weighted by atomic mass is 10.2. The molecule has 0 aliphatic carbocycles. The number of hydrogen-bond donors (Lipinski definition) is 0. The Hall–Kier alpha value is -4.08. The highest BCUT2D eigenvalue weighted by Gasteiger charge is 2.39. The first kappa shape index (κ1) is 21.7. The Morgan fingerprint density at radius 3 is 2.50 bits per heavy atom. The van der Waals surface area contributed by atoms with Crippen LogP contribution >= 0.6 is 0 Å². The predicted octanol–water partition coefficient (Wildman–Crippen LogP) is 4.08. The molecule has 1 fully saturated rings. The molecule has 34 heavy (non-hydrogen) atoms. The van der Waals surface area contributed by atoms with Crippen LogP contribution in [0.3, 0.4) is 0 Å². The van der Waals surface area contributed by atoms with Gasteiger partial charge in [0.25, 0.3) is 11.4 Å². The van der Waals surface area contributed by atoms with Crippen molar-refractivity contribution < 1.29 is 17.9 Å². The van der Waals surface area contributed by atoms with Crippen molar-refractivity contribution in [3.63, 3.8) is 0 Å². The Bertz CT molecular complexity index is 1400. The molecule has 2 aromatic heterocycles. The van der Waals surface area contributed by atoms with Gasteiger partial charge in [-0.05, 0) is 30.3 Å². The molecule has 7 nitrogen and oxygen atoms in total. The van der Waals surface area contributed by atoms with Crippen LogP contribution in [0.2, 0.25) is 0 Å². The molecule has 0 bridgehead atoms. The minimum Gasteiger partial charge on any atom is -0.491 e. The molecule has 0 radical (unpaired) electrons. The molecule has 0 saturated carbocycles. The number of aromatic nitrogens is 4. The zero-order valence-electron chi connectivity index (χ0n) is 18.2. The second-order valence-electron chi connectivity index (χ2n) is 7.92. The summed E-state index contributed by atoms with van der Waals surface area (Å²) in [5, 5.41) is 8.69. The van der Waals surface area contributed by atoms with Crippen molar-refractivity contribution in [2.24, 2.45) is 0 Å². The van der Waals surface area contributed by atoms with Gasteiger partial charge in [-0.25, -0.2) is 22.5 Å². The van der Waals surface area contributed by atoms with Crippen LogP contribution in [-0.2, 0) is 0 Å². The largest absolute Gasteiger partial charge is 0.491 e. The summed E-state index contributed by atoms with van der Waals surface area (Å²) in [6, 6.07) is 15.3. The molecule has 0 atom stereocenters. The summed E-state index contributed by atoms with van der Waals surface area (Å²) in [5.41, 5.74) is 0.647. The summed E-state index contributed by atoms with van der Waals surface area (Å²) in [4.78, 5) is 14.4. The molecule has 2 aromatic carbocycles. The van der Waals surface area contributed by atoms with Gasteiger partial charge in [-0.3, -0.25) is 4.79 Å². The minimum atomic E-state index is -2.87. The van der Waals surface area contributed by atoms with Crippen LogP contribution in [0, 0.1) is 5.82 Å². The van der Waals surface area contributed by atoms with E-state index in [1.807, 2.05) is 30.3 Å². The molecule has 0 spiro atoms. The normalized spacial score (nSPS) is 15.0. The Balaban J connectivity index is 1.64. The highest BCUT2D eigenvalue weighted by Crippen LogP contribution is 2.34. The van der Waals surface area contributed by atoms with Crippen LogP contribution in [0.4, 0.5) is 18.9 Å². The third-order valence-electron chi connectivity index (χ3n) is 5.71. The molecule has 0 unspecified atom stereocenters. The highest BCUT2D eigenvalue weighted by molar-refractivity contribution is 5.60. The van der Waals surface area contributed by atoms with E-state index in [0.29, 0.717) is 11.4 Å². The molecule has 1 aliphatic heterocycles. The number of methoxy groups -OCH3 is 1. The summed E-state index contributed by atoms with van der Waals surface area (Å²) >= 11 is 0. The first-order chi connectivity index (χ1) is 16.4. The van der Waals surface area contributed by atoms with Crippen LogP contribution in [-0.4, -0.2) is 45.7 Å². The van der Waals surface area contributed by atoms with Gasteiger partial charge in [-0.2, -0.15) is 10.2 Å². The van der Waals surface area contributed by atoms with Crippen molar-refractivity contribution in [2.45, 2.75) is 12.3 Å². The molecular formula is C24H20F3N5O2. The third-order valence-corrected chi connectivity index (χ3v) is 5.71. The first-order valence-corrected chi connectivity index (χ1v) is 10.6. The average Bonchev–Trinajstić information content (AvgIpc) is 3.46. The van der Waals surface area contributed by atoms with Gasteiger partial charge in [-0.1, -0.05) is 24.3 Å². The third kappa shape index (κ3) is 3.81. The van der Waals surface area contributed by atoms with Crippen molar-refractivity contribution in [2.75, 3.05) is 25.1 Å². The van der Waals surface area contributed by atoms with Gasteiger partial charge in [0.05, 0.1) is 43.1 Å². The first-order valence-electron chi connectivity index (χ1n) is 10.6. The van der Waals surface area contributed by atoms with Crippen LogP contribution in [0.25, 0.3) is 22.8 Å². The summed E-state index contributed by atoms with van der Waals surface area (Å²) in [7, 11) is 1.33. The maximum absolute atomic E-state index is 15.5. The number of halogens is 3. The maximum Gasteiger partial charge on any atom is 0.266 e. The Morgan fingerprint density at radius 2 is 1.79 bits per heavy atom. The molecule has 174 valence electrons. The van der Waals surface area contributed by atoms with Gasteiger partial charge in [0.1, 0.15) is 5.69 Å². The van der Waals surface area contributed by atoms with E-state index in [1.54, 1.807) is 16.8 Å². The van der Waals surface area contributed by atoms with Gasteiger partial charge in [-0.15, -0.1) is 0 Å². The molecule has 0 amide bonds. The molecule has 0 N–H and O–H groups in total. The Kier molecular flexibility index (Phi) is 5.35. The van der Waals surface area contributed by atoms with Gasteiger partial charge >= 0.3 is 0 Å². The number of alkyl halides is 2. The summed E-state index contributed by atoms with van der Waals surface area (Å²) in [5.74, 6) is -3.64. The average molecular weight is 467 g/mol. The fourth-order valence-electron chi connectivity index (χ4n) is 4.03. The number of rotatable bonds is 5. The number of ether oxygens (including phenoxy) is 1. The number of para-hydroxylation sites is 1. The van der Waals surface area contributed by atoms with E-state index < -0.39 is 23.7 Å². The molecule has 1 aliphatic rings. The highest BCUT2D eigenvalue weighted by atomic mass is 19.3. The smallest absolute Gasteiger partial charge is 0.266 e. The predicted molar refractivity (Wildman–Crippen MR) is 121 cm³/mol. The van der Waals surface area contributed by atoms with Gasteiger partial charge in [0, 0.05) is 13.0 Å². The molecule has 4 aromatic rings. The standard InChI is InChI=1S/C24H20F3N5O2/c1-34-20-14-31(18-9-5-8-17(21(18)25)30-13-11-24(26,27)15-30)29-22(23(20)33)19-10-12-28-32(19)16-6-3-2-4-7-16/h2-10,12,14H,11,13,15H2,1H3. The van der Waals surface area contributed by atoms with Crippen LogP contribution < -0.4 is 15.1 Å². The van der Waals surface area contributed by atoms with Crippen molar-refractivity contribution in [3.8, 4) is 28.5 Å². The second kappa shape index (κ2) is 8.36. The van der Waals surface area contributed by atoms with E-state index >= 15 is 4.39 Å². The fourth-order valence-corrected chi connectivity index (χ4v) is 4.03. The lowest BCUT2D eigenvalue weighted by Crippen LogP contribution is -2.26. The minimum absolute atomic E-state index is 0.00166. The zero-order valence-corrected chi connectivity index (χ0v) is 18.2. The van der Waals surface area contributed by atoms with Crippen LogP contribution in [0.1, 0.15) is 6.42 Å². The molecule has 1 saturated heterocycles. The van der Waals surface area contributed by atoms with Gasteiger partial charge in [0.15, 0.2) is 17.3 Å².